The van der Waals surface area contributed by atoms with Gasteiger partial charge >= 0.3 is 0 Å². The van der Waals surface area contributed by atoms with Gasteiger partial charge in [0.05, 0.1) is 5.41 Å². The molecule has 9 nitrogen and oxygen atoms in total. The molecular weight excluding hydrogens is 442 g/mol. The molecule has 1 amide bonds. The molecule has 4 aromatic rings. The molecule has 35 heavy (non-hydrogen) atoms. The van der Waals surface area contributed by atoms with Crippen molar-refractivity contribution in [3.05, 3.63) is 64.2 Å². The third kappa shape index (κ3) is 3.67. The Labute approximate surface area is 203 Å². The van der Waals surface area contributed by atoms with Gasteiger partial charge in [-0.25, -0.2) is 19.3 Å². The van der Waals surface area contributed by atoms with Gasteiger partial charge in [-0.15, -0.1) is 0 Å². The number of anilines is 3. The number of hydrogen-bond acceptors (Lipinski definition) is 6. The Hall–Kier alpha value is -4.01. The van der Waals surface area contributed by atoms with E-state index in [2.05, 4.69) is 36.4 Å². The first-order valence-electron chi connectivity index (χ1n) is 11.7. The smallest absolute Gasteiger partial charge is 0.278 e. The van der Waals surface area contributed by atoms with Crippen LogP contribution >= 0.6 is 0 Å². The van der Waals surface area contributed by atoms with Crippen molar-refractivity contribution in [2.24, 2.45) is 0 Å². The lowest BCUT2D eigenvalue weighted by Crippen LogP contribution is -2.26. The highest BCUT2D eigenvalue weighted by Gasteiger charge is 2.38. The number of nitrogens with zero attached hydrogens (tertiary/aromatic N) is 5. The fourth-order valence-electron chi connectivity index (χ4n) is 4.37. The monoisotopic (exact) mass is 471 g/mol. The molecule has 1 aliphatic rings. The number of benzene rings is 1. The number of nitrogens with one attached hydrogen (secondary N) is 2. The van der Waals surface area contributed by atoms with Crippen LogP contribution in [-0.4, -0.2) is 30.2 Å². The van der Waals surface area contributed by atoms with Crippen LogP contribution in [-0.2, 0) is 22.2 Å². The third-order valence-corrected chi connectivity index (χ3v) is 6.46. The first-order valence-corrected chi connectivity index (χ1v) is 11.7. The van der Waals surface area contributed by atoms with E-state index in [0.717, 1.165) is 22.6 Å². The van der Waals surface area contributed by atoms with Crippen LogP contribution in [0.4, 0.5) is 17.3 Å². The lowest BCUT2D eigenvalue weighted by Gasteiger charge is -2.19. The lowest BCUT2D eigenvalue weighted by molar-refractivity contribution is -0.119. The molecule has 1 aliphatic heterocycles. The highest BCUT2D eigenvalue weighted by molar-refractivity contribution is 6.06. The Morgan fingerprint density at radius 3 is 2.57 bits per heavy atom. The van der Waals surface area contributed by atoms with Crippen LogP contribution in [0.2, 0.25) is 0 Å². The number of aromatic nitrogens is 5. The number of fused-ring (bicyclic) bond motifs is 2. The molecule has 0 saturated carbocycles. The van der Waals surface area contributed by atoms with Crippen molar-refractivity contribution >= 4 is 34.3 Å². The zero-order valence-electron chi connectivity index (χ0n) is 20.8. The summed E-state index contributed by atoms with van der Waals surface area (Å²) in [7, 11) is 0. The molecule has 0 saturated heterocycles. The number of amides is 1. The lowest BCUT2D eigenvalue weighted by atomic mass is 9.86. The van der Waals surface area contributed by atoms with Gasteiger partial charge in [0, 0.05) is 35.2 Å². The normalized spacial score (nSPS) is 14.7. The minimum atomic E-state index is -0.572. The molecule has 0 unspecified atom stereocenters. The first kappa shape index (κ1) is 22.8. The summed E-state index contributed by atoms with van der Waals surface area (Å²) >= 11 is 0. The van der Waals surface area contributed by atoms with E-state index in [9.17, 15) is 9.59 Å². The maximum Gasteiger partial charge on any atom is 0.278 e. The summed E-state index contributed by atoms with van der Waals surface area (Å²) < 4.78 is 3.37. The summed E-state index contributed by atoms with van der Waals surface area (Å²) in [6, 6.07) is 11.5. The highest BCUT2D eigenvalue weighted by atomic mass is 16.2. The van der Waals surface area contributed by atoms with Crippen LogP contribution in [0.5, 0.6) is 0 Å². The van der Waals surface area contributed by atoms with Crippen LogP contribution < -0.4 is 16.2 Å². The van der Waals surface area contributed by atoms with Gasteiger partial charge < -0.3 is 10.6 Å². The Morgan fingerprint density at radius 2 is 1.86 bits per heavy atom. The van der Waals surface area contributed by atoms with E-state index < -0.39 is 5.41 Å². The molecule has 2 N–H and O–H groups in total. The summed E-state index contributed by atoms with van der Waals surface area (Å²) in [6.07, 6.45) is 1.54. The average molecular weight is 472 g/mol. The van der Waals surface area contributed by atoms with Gasteiger partial charge in [0.25, 0.3) is 5.56 Å². The zero-order valence-corrected chi connectivity index (χ0v) is 20.8. The van der Waals surface area contributed by atoms with Crippen molar-refractivity contribution in [2.45, 2.75) is 58.9 Å². The number of rotatable bonds is 4. The molecule has 3 aromatic heterocycles. The molecule has 0 radical (unpaired) electrons. The summed E-state index contributed by atoms with van der Waals surface area (Å²) in [5.74, 6) is 0.936. The van der Waals surface area contributed by atoms with Crippen LogP contribution in [0.15, 0.2) is 47.4 Å². The number of hydrogen-bond donors (Lipinski definition) is 2. The first-order chi connectivity index (χ1) is 16.5. The number of pyridine rings is 1. The van der Waals surface area contributed by atoms with Crippen molar-refractivity contribution < 1.29 is 4.79 Å². The van der Waals surface area contributed by atoms with Gasteiger partial charge in [0.2, 0.25) is 11.9 Å². The molecule has 0 bridgehead atoms. The SMILES string of the molecule is CCn1c(=O)c2cnc(Nc3ccc4c(c3)NC(=O)C4(C)C)nc2n1-c1cccc(C(C)(C)C)n1. The van der Waals surface area contributed by atoms with Gasteiger partial charge in [-0.2, -0.15) is 4.98 Å². The Bertz CT molecular complexity index is 1540. The van der Waals surface area contributed by atoms with Crippen molar-refractivity contribution in [3.63, 3.8) is 0 Å². The minimum absolute atomic E-state index is 0.0303. The van der Waals surface area contributed by atoms with Gasteiger partial charge in [-0.05, 0) is 50.6 Å². The standard InChI is InChI=1S/C26H29N7O2/c1-7-32-22(34)16-14-27-24(28-15-11-12-17-18(13-15)29-23(35)26(17,5)6)31-21(16)33(32)20-10-8-9-19(30-20)25(2,3)4/h8-14H,7H2,1-6H3,(H,29,35)(H,27,28,31). The third-order valence-electron chi connectivity index (χ3n) is 6.46. The maximum atomic E-state index is 13.1. The number of carbonyl (C=O) groups excluding carboxylic acids is 1. The molecule has 1 aromatic carbocycles. The topological polar surface area (TPSA) is 107 Å². The second-order valence-corrected chi connectivity index (χ2v) is 10.4. The van der Waals surface area contributed by atoms with E-state index in [1.165, 1.54) is 0 Å². The van der Waals surface area contributed by atoms with E-state index in [1.54, 1.807) is 15.6 Å². The molecule has 9 heteroatoms. The summed E-state index contributed by atoms with van der Waals surface area (Å²) in [5.41, 5.74) is 2.96. The Morgan fingerprint density at radius 1 is 1.09 bits per heavy atom. The highest BCUT2D eigenvalue weighted by Crippen LogP contribution is 2.39. The van der Waals surface area contributed by atoms with E-state index in [4.69, 9.17) is 9.97 Å². The second-order valence-electron chi connectivity index (χ2n) is 10.4. The molecule has 0 atom stereocenters. The van der Waals surface area contributed by atoms with Crippen molar-refractivity contribution in [1.82, 2.24) is 24.3 Å². The fraction of sp³-hybridized carbons (Fsp3) is 0.346. The van der Waals surface area contributed by atoms with Crippen molar-refractivity contribution in [3.8, 4) is 5.82 Å². The van der Waals surface area contributed by atoms with Crippen molar-refractivity contribution in [2.75, 3.05) is 10.6 Å². The predicted molar refractivity (Wildman–Crippen MR) is 137 cm³/mol. The second kappa shape index (κ2) is 7.76. The molecule has 4 heterocycles. The van der Waals surface area contributed by atoms with E-state index >= 15 is 0 Å². The zero-order chi connectivity index (χ0) is 25.1. The molecule has 0 fully saturated rings. The molecule has 180 valence electrons. The van der Waals surface area contributed by atoms with Gasteiger partial charge in [-0.1, -0.05) is 32.9 Å². The predicted octanol–water partition coefficient (Wildman–Crippen LogP) is 4.27. The maximum absolute atomic E-state index is 13.1. The fourth-order valence-corrected chi connectivity index (χ4v) is 4.37. The van der Waals surface area contributed by atoms with E-state index in [1.807, 2.05) is 57.2 Å². The molecule has 5 rings (SSSR count). The molecule has 0 aliphatic carbocycles. The van der Waals surface area contributed by atoms with E-state index in [-0.39, 0.29) is 16.9 Å². The van der Waals surface area contributed by atoms with Crippen LogP contribution in [0.25, 0.3) is 16.9 Å². The summed E-state index contributed by atoms with van der Waals surface area (Å²) in [6.45, 7) is 12.5. The summed E-state index contributed by atoms with van der Waals surface area (Å²) in [5, 5.41) is 6.56. The quantitative estimate of drug-likeness (QED) is 0.460. The average Bonchev–Trinajstić information content (AvgIpc) is 3.21. The van der Waals surface area contributed by atoms with Crippen LogP contribution in [0.1, 0.15) is 52.8 Å². The molecule has 0 spiro atoms. The van der Waals surface area contributed by atoms with Crippen LogP contribution in [0, 0.1) is 0 Å². The van der Waals surface area contributed by atoms with Crippen molar-refractivity contribution in [1.29, 1.82) is 0 Å². The Balaban J connectivity index is 1.59. The van der Waals surface area contributed by atoms with Gasteiger partial charge in [0.1, 0.15) is 5.39 Å². The largest absolute Gasteiger partial charge is 0.325 e. The molecular formula is C26H29N7O2. The summed E-state index contributed by atoms with van der Waals surface area (Å²) in [4.78, 5) is 39.3. The van der Waals surface area contributed by atoms with E-state index in [0.29, 0.717) is 29.3 Å². The van der Waals surface area contributed by atoms with Crippen LogP contribution in [0.3, 0.4) is 0 Å². The van der Waals surface area contributed by atoms with Gasteiger partial charge in [0.15, 0.2) is 11.5 Å². The Kier molecular flexibility index (Phi) is 5.05. The van der Waals surface area contributed by atoms with Gasteiger partial charge in [-0.3, -0.25) is 9.59 Å². The minimum Gasteiger partial charge on any atom is -0.325 e. The number of carbonyl (C=O) groups is 1.